The third-order valence-electron chi connectivity index (χ3n) is 4.89. The van der Waals surface area contributed by atoms with Gasteiger partial charge in [0.05, 0.1) is 10.2 Å². The molecule has 1 aromatic heterocycles. The largest absolute Gasteiger partial charge is 0.457 e. The lowest BCUT2D eigenvalue weighted by Gasteiger charge is -2.05. The minimum Gasteiger partial charge on any atom is -0.457 e. The molecule has 0 N–H and O–H groups in total. The third kappa shape index (κ3) is 4.00. The number of carbonyl (C=O) groups excluding carboxylic acids is 1. The van der Waals surface area contributed by atoms with Gasteiger partial charge in [-0.05, 0) is 80.4 Å². The molecule has 29 heavy (non-hydrogen) atoms. The molecule has 1 amide bonds. The van der Waals surface area contributed by atoms with Crippen molar-refractivity contribution in [2.24, 2.45) is 4.99 Å². The van der Waals surface area contributed by atoms with E-state index in [1.807, 2.05) is 30.3 Å². The minimum absolute atomic E-state index is 0.251. The van der Waals surface area contributed by atoms with Gasteiger partial charge in [0.25, 0.3) is 5.91 Å². The first-order chi connectivity index (χ1) is 14.0. The molecule has 4 aromatic rings. The van der Waals surface area contributed by atoms with Crippen molar-refractivity contribution in [1.82, 2.24) is 4.57 Å². The lowest BCUT2D eigenvalue weighted by molar-refractivity contribution is 0.0998. The SMILES string of the molecule is CCn1c(=NC(=O)c2ccc(Oc3ccccc3)cc2)sc2cc(C)c(C)cc21. The second-order valence-corrected chi connectivity index (χ2v) is 7.90. The van der Waals surface area contributed by atoms with Crippen LogP contribution in [0.4, 0.5) is 0 Å². The maximum atomic E-state index is 12.7. The number of amides is 1. The van der Waals surface area contributed by atoms with Gasteiger partial charge in [-0.25, -0.2) is 0 Å². The molecular weight excluding hydrogens is 380 g/mol. The van der Waals surface area contributed by atoms with Crippen LogP contribution in [0.3, 0.4) is 0 Å². The number of para-hydroxylation sites is 1. The van der Waals surface area contributed by atoms with Crippen LogP contribution in [0.5, 0.6) is 11.5 Å². The highest BCUT2D eigenvalue weighted by Crippen LogP contribution is 2.23. The number of benzene rings is 3. The summed E-state index contributed by atoms with van der Waals surface area (Å²) in [4.78, 5) is 17.9. The number of aromatic nitrogens is 1. The Morgan fingerprint density at radius 3 is 2.31 bits per heavy atom. The van der Waals surface area contributed by atoms with E-state index in [0.717, 1.165) is 27.3 Å². The molecule has 0 saturated carbocycles. The summed E-state index contributed by atoms with van der Waals surface area (Å²) in [6, 6.07) is 21.0. The molecule has 0 bridgehead atoms. The highest BCUT2D eigenvalue weighted by Gasteiger charge is 2.10. The summed E-state index contributed by atoms with van der Waals surface area (Å²) in [5.74, 6) is 1.19. The molecule has 4 nitrogen and oxygen atoms in total. The standard InChI is InChI=1S/C24H22N2O2S/c1-4-26-21-14-16(2)17(3)15-22(21)29-24(26)25-23(27)18-10-12-20(13-11-18)28-19-8-6-5-7-9-19/h5-15H,4H2,1-3H3. The van der Waals surface area contributed by atoms with Crippen molar-refractivity contribution in [3.8, 4) is 11.5 Å². The summed E-state index contributed by atoms with van der Waals surface area (Å²) in [6.45, 7) is 7.04. The Kier molecular flexibility index (Phi) is 5.32. The number of rotatable bonds is 4. The highest BCUT2D eigenvalue weighted by molar-refractivity contribution is 7.16. The van der Waals surface area contributed by atoms with Crippen LogP contribution in [0.15, 0.2) is 71.7 Å². The molecule has 146 valence electrons. The number of ether oxygens (including phenoxy) is 1. The normalized spacial score (nSPS) is 11.8. The van der Waals surface area contributed by atoms with Gasteiger partial charge in [-0.15, -0.1) is 0 Å². The Morgan fingerprint density at radius 2 is 1.62 bits per heavy atom. The van der Waals surface area contributed by atoms with Crippen molar-refractivity contribution in [2.75, 3.05) is 0 Å². The zero-order chi connectivity index (χ0) is 20.4. The van der Waals surface area contributed by atoms with Crippen LogP contribution < -0.4 is 9.54 Å². The van der Waals surface area contributed by atoms with Gasteiger partial charge in [0.15, 0.2) is 4.80 Å². The van der Waals surface area contributed by atoms with Crippen molar-refractivity contribution in [3.05, 3.63) is 88.2 Å². The zero-order valence-corrected chi connectivity index (χ0v) is 17.5. The maximum Gasteiger partial charge on any atom is 0.279 e. The summed E-state index contributed by atoms with van der Waals surface area (Å²) >= 11 is 1.55. The van der Waals surface area contributed by atoms with Crippen LogP contribution in [0.1, 0.15) is 28.4 Å². The smallest absolute Gasteiger partial charge is 0.279 e. The van der Waals surface area contributed by atoms with Gasteiger partial charge in [0.2, 0.25) is 0 Å². The summed E-state index contributed by atoms with van der Waals surface area (Å²) < 4.78 is 9.03. The second-order valence-electron chi connectivity index (χ2n) is 6.89. The topological polar surface area (TPSA) is 43.6 Å². The number of nitrogens with zero attached hydrogens (tertiary/aromatic N) is 2. The van der Waals surface area contributed by atoms with Gasteiger partial charge in [-0.2, -0.15) is 4.99 Å². The van der Waals surface area contributed by atoms with Gasteiger partial charge in [-0.1, -0.05) is 29.5 Å². The van der Waals surface area contributed by atoms with Gasteiger partial charge in [-0.3, -0.25) is 4.79 Å². The Balaban J connectivity index is 1.64. The first-order valence-electron chi connectivity index (χ1n) is 9.58. The van der Waals surface area contributed by atoms with Crippen molar-refractivity contribution < 1.29 is 9.53 Å². The first kappa shape index (κ1) is 19.2. The molecule has 0 unspecified atom stereocenters. The molecule has 0 spiro atoms. The quantitative estimate of drug-likeness (QED) is 0.428. The van der Waals surface area contributed by atoms with E-state index in [2.05, 4.69) is 42.5 Å². The fourth-order valence-corrected chi connectivity index (χ4v) is 4.33. The molecule has 0 saturated heterocycles. The summed E-state index contributed by atoms with van der Waals surface area (Å²) in [7, 11) is 0. The molecule has 0 aliphatic rings. The number of hydrogen-bond acceptors (Lipinski definition) is 3. The zero-order valence-electron chi connectivity index (χ0n) is 16.7. The predicted octanol–water partition coefficient (Wildman–Crippen LogP) is 5.87. The first-order valence-corrected chi connectivity index (χ1v) is 10.4. The van der Waals surface area contributed by atoms with E-state index in [4.69, 9.17) is 4.74 Å². The number of thiazole rings is 1. The van der Waals surface area contributed by atoms with Gasteiger partial charge >= 0.3 is 0 Å². The average Bonchev–Trinajstić information content (AvgIpc) is 3.05. The van der Waals surface area contributed by atoms with E-state index < -0.39 is 0 Å². The molecule has 5 heteroatoms. The number of hydrogen-bond donors (Lipinski definition) is 0. The molecule has 0 radical (unpaired) electrons. The Bertz CT molecular complexity index is 1240. The summed E-state index contributed by atoms with van der Waals surface area (Å²) in [5.41, 5.74) is 4.15. The molecule has 0 aliphatic heterocycles. The maximum absolute atomic E-state index is 12.7. The molecular formula is C24H22N2O2S. The van der Waals surface area contributed by atoms with Gasteiger partial charge < -0.3 is 9.30 Å². The monoisotopic (exact) mass is 402 g/mol. The Hall–Kier alpha value is -3.18. The van der Waals surface area contributed by atoms with E-state index in [-0.39, 0.29) is 5.91 Å². The van der Waals surface area contributed by atoms with Gasteiger partial charge in [0, 0.05) is 12.1 Å². The summed E-state index contributed by atoms with van der Waals surface area (Å²) in [5, 5.41) is 0. The Labute approximate surface area is 173 Å². The Morgan fingerprint density at radius 1 is 0.966 bits per heavy atom. The number of carbonyl (C=O) groups is 1. The van der Waals surface area contributed by atoms with E-state index >= 15 is 0 Å². The van der Waals surface area contributed by atoms with Crippen LogP contribution in [0.2, 0.25) is 0 Å². The lowest BCUT2D eigenvalue weighted by atomic mass is 10.1. The third-order valence-corrected chi connectivity index (χ3v) is 5.93. The number of aryl methyl sites for hydroxylation is 3. The van der Waals surface area contributed by atoms with E-state index in [0.29, 0.717) is 11.3 Å². The highest BCUT2D eigenvalue weighted by atomic mass is 32.1. The van der Waals surface area contributed by atoms with E-state index in [1.165, 1.54) is 11.1 Å². The molecule has 0 fully saturated rings. The molecule has 3 aromatic carbocycles. The second kappa shape index (κ2) is 8.05. The fourth-order valence-electron chi connectivity index (χ4n) is 3.15. The average molecular weight is 403 g/mol. The van der Waals surface area contributed by atoms with Crippen molar-refractivity contribution in [3.63, 3.8) is 0 Å². The molecule has 0 aliphatic carbocycles. The molecule has 0 atom stereocenters. The van der Waals surface area contributed by atoms with Crippen molar-refractivity contribution in [2.45, 2.75) is 27.3 Å². The van der Waals surface area contributed by atoms with Crippen LogP contribution in [-0.2, 0) is 6.54 Å². The van der Waals surface area contributed by atoms with E-state index in [1.54, 1.807) is 35.6 Å². The van der Waals surface area contributed by atoms with Crippen LogP contribution >= 0.6 is 11.3 Å². The molecule has 4 rings (SSSR count). The summed E-state index contributed by atoms with van der Waals surface area (Å²) in [6.07, 6.45) is 0. The minimum atomic E-state index is -0.251. The van der Waals surface area contributed by atoms with Crippen LogP contribution in [0, 0.1) is 13.8 Å². The van der Waals surface area contributed by atoms with E-state index in [9.17, 15) is 4.79 Å². The molecule has 1 heterocycles. The number of fused-ring (bicyclic) bond motifs is 1. The van der Waals surface area contributed by atoms with Crippen LogP contribution in [0.25, 0.3) is 10.2 Å². The fraction of sp³-hybridized carbons (Fsp3) is 0.167. The predicted molar refractivity (Wildman–Crippen MR) is 118 cm³/mol. The van der Waals surface area contributed by atoms with Gasteiger partial charge in [0.1, 0.15) is 11.5 Å². The van der Waals surface area contributed by atoms with Crippen molar-refractivity contribution >= 4 is 27.5 Å². The van der Waals surface area contributed by atoms with Crippen LogP contribution in [-0.4, -0.2) is 10.5 Å². The van der Waals surface area contributed by atoms with Crippen molar-refractivity contribution in [1.29, 1.82) is 0 Å². The lowest BCUT2D eigenvalue weighted by Crippen LogP contribution is -2.15.